The summed E-state index contributed by atoms with van der Waals surface area (Å²) in [5.74, 6) is -2.11. The number of esters is 1. The quantitative estimate of drug-likeness (QED) is 0.406. The van der Waals surface area contributed by atoms with Gasteiger partial charge >= 0.3 is 5.97 Å². The van der Waals surface area contributed by atoms with Crippen molar-refractivity contribution >= 4 is 39.2 Å². The van der Waals surface area contributed by atoms with Crippen LogP contribution in [0.4, 0.5) is 15.8 Å². The smallest absolute Gasteiger partial charge is 0.308 e. The summed E-state index contributed by atoms with van der Waals surface area (Å²) in [4.78, 5) is 36.7. The lowest BCUT2D eigenvalue weighted by Gasteiger charge is -2.36. The number of nitrogens with zero attached hydrogens (tertiary/aromatic N) is 1. The van der Waals surface area contributed by atoms with Crippen LogP contribution in [0.25, 0.3) is 0 Å². The minimum atomic E-state index is -4.06. The Balaban J connectivity index is 1.47. The van der Waals surface area contributed by atoms with Crippen LogP contribution in [0.3, 0.4) is 0 Å². The maximum Gasteiger partial charge on any atom is 0.308 e. The van der Waals surface area contributed by atoms with Gasteiger partial charge in [-0.1, -0.05) is 24.3 Å². The number of carbonyl (C=O) groups excluding carboxylic acids is 3. The molecule has 1 heterocycles. The number of amides is 2. The molecule has 4 rings (SSSR count). The number of hydrogen-bond donors (Lipinski definition) is 2. The highest BCUT2D eigenvalue weighted by Gasteiger charge is 2.38. The number of rotatable bonds is 8. The molecule has 0 aliphatic carbocycles. The average molecular weight is 554 g/mol. The van der Waals surface area contributed by atoms with Crippen molar-refractivity contribution in [3.05, 3.63) is 89.7 Å². The molecular formula is C28H28FN3O6S. The highest BCUT2D eigenvalue weighted by molar-refractivity contribution is 7.89. The molecule has 0 saturated heterocycles. The second kappa shape index (κ2) is 11.7. The lowest BCUT2D eigenvalue weighted by atomic mass is 9.92. The van der Waals surface area contributed by atoms with Gasteiger partial charge in [0.25, 0.3) is 5.91 Å². The van der Waals surface area contributed by atoms with Crippen LogP contribution in [0.5, 0.6) is 0 Å². The molecule has 0 saturated carbocycles. The predicted octanol–water partition coefficient (Wildman–Crippen LogP) is 4.03. The molecule has 3 aromatic rings. The molecule has 0 radical (unpaired) electrons. The number of ether oxygens (including phenoxy) is 1. The molecule has 2 N–H and O–H groups in total. The van der Waals surface area contributed by atoms with E-state index in [-0.39, 0.29) is 23.8 Å². The van der Waals surface area contributed by atoms with E-state index in [1.165, 1.54) is 30.3 Å². The Kier molecular flexibility index (Phi) is 8.41. The van der Waals surface area contributed by atoms with Gasteiger partial charge in [-0.15, -0.1) is 0 Å². The van der Waals surface area contributed by atoms with E-state index in [1.54, 1.807) is 36.4 Å². The third kappa shape index (κ3) is 6.68. The summed E-state index contributed by atoms with van der Waals surface area (Å²) in [6.07, 6.45) is -1.03. The van der Waals surface area contributed by atoms with Gasteiger partial charge in [-0.05, 0) is 73.0 Å². The van der Waals surface area contributed by atoms with Crippen molar-refractivity contribution in [2.45, 2.75) is 43.7 Å². The molecule has 3 aromatic carbocycles. The first-order valence-corrected chi connectivity index (χ1v) is 13.7. The second-order valence-corrected chi connectivity index (χ2v) is 11.0. The van der Waals surface area contributed by atoms with Crippen LogP contribution in [0.2, 0.25) is 0 Å². The predicted molar refractivity (Wildman–Crippen MR) is 143 cm³/mol. The van der Waals surface area contributed by atoms with Crippen LogP contribution in [0.1, 0.15) is 37.4 Å². The maximum absolute atomic E-state index is 13.5. The van der Waals surface area contributed by atoms with Gasteiger partial charge in [0.2, 0.25) is 15.9 Å². The summed E-state index contributed by atoms with van der Waals surface area (Å²) >= 11 is 0. The molecule has 1 aliphatic rings. The number of halogens is 1. The molecule has 2 unspecified atom stereocenters. The van der Waals surface area contributed by atoms with E-state index in [1.807, 2.05) is 12.1 Å². The van der Waals surface area contributed by atoms with E-state index in [9.17, 15) is 27.2 Å². The van der Waals surface area contributed by atoms with E-state index in [4.69, 9.17) is 4.74 Å². The number of hydrogen-bond acceptors (Lipinski definition) is 6. The van der Waals surface area contributed by atoms with E-state index >= 15 is 0 Å². The van der Waals surface area contributed by atoms with Gasteiger partial charge in [-0.2, -0.15) is 4.31 Å². The van der Waals surface area contributed by atoms with Gasteiger partial charge in [-0.25, -0.2) is 12.8 Å². The Morgan fingerprint density at radius 3 is 2.23 bits per heavy atom. The second-order valence-electron chi connectivity index (χ2n) is 9.12. The summed E-state index contributed by atoms with van der Waals surface area (Å²) in [6.45, 7) is 2.93. The fourth-order valence-electron chi connectivity index (χ4n) is 4.41. The van der Waals surface area contributed by atoms with Gasteiger partial charge < -0.3 is 15.4 Å². The first-order valence-electron chi connectivity index (χ1n) is 12.3. The van der Waals surface area contributed by atoms with Gasteiger partial charge in [0.15, 0.2) is 6.10 Å². The molecule has 11 heteroatoms. The van der Waals surface area contributed by atoms with Crippen LogP contribution in [-0.4, -0.2) is 43.2 Å². The number of sulfonamides is 1. The van der Waals surface area contributed by atoms with Crippen molar-refractivity contribution in [1.82, 2.24) is 4.31 Å². The van der Waals surface area contributed by atoms with Gasteiger partial charge in [0, 0.05) is 24.8 Å². The van der Waals surface area contributed by atoms with E-state index in [2.05, 4.69) is 10.6 Å². The highest BCUT2D eigenvalue weighted by Crippen LogP contribution is 2.36. The minimum absolute atomic E-state index is 0.0843. The average Bonchev–Trinajstić information content (AvgIpc) is 2.89. The third-order valence-corrected chi connectivity index (χ3v) is 8.22. The first kappa shape index (κ1) is 27.9. The molecule has 204 valence electrons. The van der Waals surface area contributed by atoms with Crippen molar-refractivity contribution in [3.63, 3.8) is 0 Å². The zero-order valence-electron chi connectivity index (χ0n) is 21.4. The number of nitrogens with one attached hydrogen (secondary N) is 2. The van der Waals surface area contributed by atoms with Crippen molar-refractivity contribution in [1.29, 1.82) is 0 Å². The van der Waals surface area contributed by atoms with Gasteiger partial charge in [0.05, 0.1) is 17.4 Å². The lowest BCUT2D eigenvalue weighted by molar-refractivity contribution is -0.154. The van der Waals surface area contributed by atoms with Crippen LogP contribution >= 0.6 is 0 Å². The summed E-state index contributed by atoms with van der Waals surface area (Å²) < 4.78 is 47.0. The Labute approximate surface area is 226 Å². The van der Waals surface area contributed by atoms with Crippen molar-refractivity contribution < 1.29 is 31.9 Å². The molecule has 2 amide bonds. The Hall–Kier alpha value is -4.09. The third-order valence-electron chi connectivity index (χ3n) is 6.29. The number of fused-ring (bicyclic) bond motifs is 1. The molecule has 0 aromatic heterocycles. The topological polar surface area (TPSA) is 122 Å². The molecule has 39 heavy (non-hydrogen) atoms. The molecule has 9 nitrogen and oxygen atoms in total. The van der Waals surface area contributed by atoms with Crippen LogP contribution in [0, 0.1) is 5.82 Å². The molecule has 2 atom stereocenters. The van der Waals surface area contributed by atoms with Gasteiger partial charge in [0.1, 0.15) is 5.82 Å². The zero-order chi connectivity index (χ0) is 28.2. The molecule has 0 spiro atoms. The fourth-order valence-corrected chi connectivity index (χ4v) is 6.02. The van der Waals surface area contributed by atoms with Gasteiger partial charge in [-0.3, -0.25) is 14.4 Å². The van der Waals surface area contributed by atoms with E-state index in [0.29, 0.717) is 23.4 Å². The number of carbonyl (C=O) groups is 3. The normalized spacial score (nSPS) is 16.0. The first-order chi connectivity index (χ1) is 18.5. The van der Waals surface area contributed by atoms with Crippen molar-refractivity contribution in [2.24, 2.45) is 0 Å². The largest absolute Gasteiger partial charge is 0.452 e. The highest BCUT2D eigenvalue weighted by atomic mass is 32.2. The Bertz CT molecular complexity index is 1480. The van der Waals surface area contributed by atoms with Crippen LogP contribution in [-0.2, 0) is 35.6 Å². The summed E-state index contributed by atoms with van der Waals surface area (Å²) in [6, 6.07) is 17.3. The Morgan fingerprint density at radius 2 is 1.59 bits per heavy atom. The molecule has 0 bridgehead atoms. The fraction of sp³-hybridized carbons (Fsp3) is 0.250. The Morgan fingerprint density at radius 1 is 0.974 bits per heavy atom. The summed E-state index contributed by atoms with van der Waals surface area (Å²) in [5.41, 5.74) is 2.58. The van der Waals surface area contributed by atoms with E-state index < -0.39 is 39.9 Å². The lowest BCUT2D eigenvalue weighted by Crippen LogP contribution is -2.41. The summed E-state index contributed by atoms with van der Waals surface area (Å²) in [5, 5.41) is 5.26. The maximum atomic E-state index is 13.5. The number of anilines is 2. The van der Waals surface area contributed by atoms with E-state index in [0.717, 1.165) is 17.7 Å². The molecule has 0 fully saturated rings. The van der Waals surface area contributed by atoms with Crippen LogP contribution in [0.15, 0.2) is 77.7 Å². The van der Waals surface area contributed by atoms with Crippen LogP contribution < -0.4 is 10.6 Å². The standard InChI is InChI=1S/C28H28FN3O6S/c1-18(28(35)31-23-11-9-22(10-12-23)30-19(2)33)38-27(34)17-26-25-6-4-3-5-20(25)15-16-32(26)39(36,37)24-13-7-21(29)8-14-24/h3-14,18,26H,15-17H2,1-2H3,(H,30,33)(H,31,35). The van der Waals surface area contributed by atoms with Crippen molar-refractivity contribution in [3.8, 4) is 0 Å². The SMILES string of the molecule is CC(=O)Nc1ccc(NC(=O)C(C)OC(=O)CC2c3ccccc3CCN2S(=O)(=O)c2ccc(F)cc2)cc1. The minimum Gasteiger partial charge on any atom is -0.452 e. The monoisotopic (exact) mass is 553 g/mol. The molecular weight excluding hydrogens is 525 g/mol. The zero-order valence-corrected chi connectivity index (χ0v) is 22.2. The molecule has 1 aliphatic heterocycles. The summed E-state index contributed by atoms with van der Waals surface area (Å²) in [7, 11) is -4.06. The number of benzene rings is 3. The van der Waals surface area contributed by atoms with Crippen molar-refractivity contribution in [2.75, 3.05) is 17.2 Å².